The van der Waals surface area contributed by atoms with Gasteiger partial charge in [0.25, 0.3) is 0 Å². The van der Waals surface area contributed by atoms with Gasteiger partial charge in [-0.15, -0.1) is 0 Å². The second-order valence-corrected chi connectivity index (χ2v) is 4.87. The van der Waals surface area contributed by atoms with Crippen molar-refractivity contribution in [3.8, 4) is 0 Å². The summed E-state index contributed by atoms with van der Waals surface area (Å²) in [5.74, 6) is 0.495. The summed E-state index contributed by atoms with van der Waals surface area (Å²) in [6, 6.07) is 0.113. The lowest BCUT2D eigenvalue weighted by Gasteiger charge is -2.24. The van der Waals surface area contributed by atoms with Crippen molar-refractivity contribution in [3.05, 3.63) is 17.8 Å². The van der Waals surface area contributed by atoms with E-state index in [1.165, 1.54) is 32.0 Å². The van der Waals surface area contributed by atoms with E-state index in [4.69, 9.17) is 5.73 Å². The molecule has 0 bridgehead atoms. The molecule has 0 saturated heterocycles. The predicted molar refractivity (Wildman–Crippen MR) is 69.8 cm³/mol. The van der Waals surface area contributed by atoms with Crippen molar-refractivity contribution in [1.29, 1.82) is 0 Å². The molecule has 4 nitrogen and oxygen atoms in total. The number of hydrogen-bond acceptors (Lipinski definition) is 4. The first-order valence-corrected chi connectivity index (χ1v) is 6.72. The van der Waals surface area contributed by atoms with E-state index in [0.717, 1.165) is 0 Å². The molecule has 1 aromatic heterocycles. The smallest absolute Gasteiger partial charge is 0.186 e. The van der Waals surface area contributed by atoms with Crippen LogP contribution in [0.25, 0.3) is 0 Å². The molecule has 1 heterocycles. The Morgan fingerprint density at radius 3 is 2.78 bits per heavy atom. The second kappa shape index (κ2) is 6.09. The molecule has 18 heavy (non-hydrogen) atoms. The van der Waals surface area contributed by atoms with Crippen LogP contribution in [0.1, 0.15) is 38.3 Å². The molecular weight excluding hydrogens is 231 g/mol. The summed E-state index contributed by atoms with van der Waals surface area (Å²) in [5.41, 5.74) is 6.25. The molecule has 2 rings (SSSR count). The number of rotatable bonds is 5. The zero-order valence-electron chi connectivity index (χ0n) is 10.8. The number of hydrogen-bond donors (Lipinski definition) is 2. The third-order valence-corrected chi connectivity index (χ3v) is 3.74. The van der Waals surface area contributed by atoms with Crippen LogP contribution in [0.5, 0.6) is 0 Å². The van der Waals surface area contributed by atoms with Crippen LogP contribution in [-0.2, 0) is 6.42 Å². The minimum atomic E-state index is -0.337. The van der Waals surface area contributed by atoms with E-state index in [9.17, 15) is 4.39 Å². The summed E-state index contributed by atoms with van der Waals surface area (Å²) in [4.78, 5) is 7.92. The molecule has 1 fully saturated rings. The number of aromatic nitrogens is 2. The van der Waals surface area contributed by atoms with Crippen LogP contribution in [0, 0.1) is 11.7 Å². The van der Waals surface area contributed by atoms with E-state index in [1.54, 1.807) is 0 Å². The summed E-state index contributed by atoms with van der Waals surface area (Å²) in [6.07, 6.45) is 6.81. The first-order chi connectivity index (χ1) is 8.76. The van der Waals surface area contributed by atoms with Gasteiger partial charge in [-0.25, -0.2) is 14.4 Å². The summed E-state index contributed by atoms with van der Waals surface area (Å²) >= 11 is 0. The Morgan fingerprint density at radius 2 is 2.17 bits per heavy atom. The van der Waals surface area contributed by atoms with Crippen LogP contribution in [0.15, 0.2) is 6.33 Å². The average molecular weight is 252 g/mol. The summed E-state index contributed by atoms with van der Waals surface area (Å²) < 4.78 is 14.0. The van der Waals surface area contributed by atoms with Gasteiger partial charge < -0.3 is 11.1 Å². The standard InChI is InChI=1S/C13H21FN4/c1-2-10-12(14)13(17-8-16-10)18-11(7-15)9-5-3-4-6-9/h8-9,11H,2-7,15H2,1H3,(H,16,17,18). The zero-order chi connectivity index (χ0) is 13.0. The summed E-state index contributed by atoms with van der Waals surface area (Å²) in [6.45, 7) is 2.39. The molecule has 1 aliphatic carbocycles. The molecule has 5 heteroatoms. The van der Waals surface area contributed by atoms with E-state index in [-0.39, 0.29) is 11.9 Å². The van der Waals surface area contributed by atoms with E-state index in [1.807, 2.05) is 6.92 Å². The Kier molecular flexibility index (Phi) is 4.47. The number of aryl methyl sites for hydroxylation is 1. The molecule has 1 saturated carbocycles. The van der Waals surface area contributed by atoms with Crippen LogP contribution < -0.4 is 11.1 Å². The number of anilines is 1. The molecule has 3 N–H and O–H groups in total. The van der Waals surface area contributed by atoms with Gasteiger partial charge in [0.05, 0.1) is 5.69 Å². The molecule has 1 aromatic rings. The van der Waals surface area contributed by atoms with Crippen molar-refractivity contribution in [2.75, 3.05) is 11.9 Å². The van der Waals surface area contributed by atoms with Crippen LogP contribution in [0.4, 0.5) is 10.2 Å². The van der Waals surface area contributed by atoms with Crippen LogP contribution in [-0.4, -0.2) is 22.6 Å². The topological polar surface area (TPSA) is 63.8 Å². The highest BCUT2D eigenvalue weighted by atomic mass is 19.1. The maximum absolute atomic E-state index is 14.0. The molecule has 1 unspecified atom stereocenters. The molecule has 1 aliphatic rings. The van der Waals surface area contributed by atoms with Gasteiger partial charge in [0.2, 0.25) is 0 Å². The predicted octanol–water partition coefficient (Wildman–Crippen LogP) is 2.11. The fourth-order valence-electron chi connectivity index (χ4n) is 2.66. The summed E-state index contributed by atoms with van der Waals surface area (Å²) in [7, 11) is 0. The Bertz CT molecular complexity index is 391. The maximum Gasteiger partial charge on any atom is 0.186 e. The molecule has 100 valence electrons. The Balaban J connectivity index is 2.11. The van der Waals surface area contributed by atoms with Crippen LogP contribution in [0.2, 0.25) is 0 Å². The third kappa shape index (κ3) is 2.77. The van der Waals surface area contributed by atoms with E-state index >= 15 is 0 Å². The first-order valence-electron chi connectivity index (χ1n) is 6.72. The van der Waals surface area contributed by atoms with Crippen molar-refractivity contribution in [2.24, 2.45) is 11.7 Å². The van der Waals surface area contributed by atoms with Gasteiger partial charge in [-0.1, -0.05) is 19.8 Å². The van der Waals surface area contributed by atoms with Crippen molar-refractivity contribution in [2.45, 2.75) is 45.1 Å². The van der Waals surface area contributed by atoms with E-state index < -0.39 is 0 Å². The zero-order valence-corrected chi connectivity index (χ0v) is 10.8. The van der Waals surface area contributed by atoms with Gasteiger partial charge in [0.1, 0.15) is 6.33 Å². The number of nitrogens with zero attached hydrogens (tertiary/aromatic N) is 2. The SMILES string of the molecule is CCc1ncnc(NC(CN)C2CCCC2)c1F. The minimum absolute atomic E-state index is 0.113. The lowest BCUT2D eigenvalue weighted by atomic mass is 9.98. The largest absolute Gasteiger partial charge is 0.363 e. The molecule has 0 amide bonds. The molecule has 0 spiro atoms. The molecular formula is C13H21FN4. The van der Waals surface area contributed by atoms with Gasteiger partial charge in [-0.2, -0.15) is 0 Å². The van der Waals surface area contributed by atoms with Gasteiger partial charge in [-0.3, -0.25) is 0 Å². The number of halogens is 1. The summed E-state index contributed by atoms with van der Waals surface area (Å²) in [5, 5.41) is 3.16. The monoisotopic (exact) mass is 252 g/mol. The van der Waals surface area contributed by atoms with Crippen molar-refractivity contribution >= 4 is 5.82 Å². The van der Waals surface area contributed by atoms with Crippen molar-refractivity contribution in [3.63, 3.8) is 0 Å². The van der Waals surface area contributed by atoms with Crippen LogP contribution in [0.3, 0.4) is 0 Å². The number of nitrogens with one attached hydrogen (secondary N) is 1. The maximum atomic E-state index is 14.0. The fraction of sp³-hybridized carbons (Fsp3) is 0.692. The van der Waals surface area contributed by atoms with Crippen molar-refractivity contribution < 1.29 is 4.39 Å². The highest BCUT2D eigenvalue weighted by molar-refractivity contribution is 5.38. The van der Waals surface area contributed by atoms with Gasteiger partial charge in [0, 0.05) is 12.6 Å². The first kappa shape index (κ1) is 13.2. The van der Waals surface area contributed by atoms with Crippen LogP contribution >= 0.6 is 0 Å². The van der Waals surface area contributed by atoms with E-state index in [2.05, 4.69) is 15.3 Å². The Morgan fingerprint density at radius 1 is 1.44 bits per heavy atom. The minimum Gasteiger partial charge on any atom is -0.363 e. The molecule has 0 aromatic carbocycles. The Labute approximate surface area is 107 Å². The Hall–Kier alpha value is -1.23. The fourth-order valence-corrected chi connectivity index (χ4v) is 2.66. The number of nitrogens with two attached hydrogens (primary N) is 1. The lowest BCUT2D eigenvalue weighted by Crippen LogP contribution is -2.36. The molecule has 1 atom stereocenters. The third-order valence-electron chi connectivity index (χ3n) is 3.74. The quantitative estimate of drug-likeness (QED) is 0.842. The van der Waals surface area contributed by atoms with Gasteiger partial charge in [0.15, 0.2) is 11.6 Å². The van der Waals surface area contributed by atoms with Gasteiger partial charge >= 0.3 is 0 Å². The van der Waals surface area contributed by atoms with E-state index in [0.29, 0.717) is 30.4 Å². The molecule has 0 aliphatic heterocycles. The average Bonchev–Trinajstić information content (AvgIpc) is 2.91. The highest BCUT2D eigenvalue weighted by Crippen LogP contribution is 2.29. The lowest BCUT2D eigenvalue weighted by molar-refractivity contribution is 0.457. The molecule has 0 radical (unpaired) electrons. The second-order valence-electron chi connectivity index (χ2n) is 4.87. The highest BCUT2D eigenvalue weighted by Gasteiger charge is 2.25. The normalized spacial score (nSPS) is 17.9. The van der Waals surface area contributed by atoms with Crippen molar-refractivity contribution in [1.82, 2.24) is 9.97 Å². The van der Waals surface area contributed by atoms with Gasteiger partial charge in [-0.05, 0) is 25.2 Å².